The number of benzene rings is 2. The number of hydrogen-bond acceptors (Lipinski definition) is 4. The molecule has 0 aromatic heterocycles. The summed E-state index contributed by atoms with van der Waals surface area (Å²) in [5.41, 5.74) is 4.35. The highest BCUT2D eigenvalue weighted by Crippen LogP contribution is 2.24. The average Bonchev–Trinajstić information content (AvgIpc) is 2.80. The smallest absolute Gasteiger partial charge is 0.253 e. The molecule has 0 bridgehead atoms. The van der Waals surface area contributed by atoms with E-state index in [1.165, 1.54) is 36.2 Å². The van der Waals surface area contributed by atoms with Gasteiger partial charge in [-0.2, -0.15) is 0 Å². The number of morpholine rings is 1. The fourth-order valence-electron chi connectivity index (χ4n) is 4.27. The van der Waals surface area contributed by atoms with Gasteiger partial charge >= 0.3 is 0 Å². The van der Waals surface area contributed by atoms with Crippen molar-refractivity contribution in [3.05, 3.63) is 59.7 Å². The molecular formula is C24H31N3O2. The molecule has 2 aromatic rings. The molecule has 2 aliphatic heterocycles. The van der Waals surface area contributed by atoms with Gasteiger partial charge in [0.2, 0.25) is 0 Å². The van der Waals surface area contributed by atoms with Gasteiger partial charge in [-0.25, -0.2) is 0 Å². The van der Waals surface area contributed by atoms with Crippen LogP contribution in [0.4, 0.5) is 11.4 Å². The van der Waals surface area contributed by atoms with E-state index in [2.05, 4.69) is 40.1 Å². The molecule has 29 heavy (non-hydrogen) atoms. The summed E-state index contributed by atoms with van der Waals surface area (Å²) in [6.45, 7) is 6.13. The van der Waals surface area contributed by atoms with Crippen LogP contribution in [0, 0.1) is 0 Å². The van der Waals surface area contributed by atoms with Gasteiger partial charge in [0.05, 0.1) is 13.2 Å². The number of carbonyl (C=O) groups excluding carboxylic acids is 1. The van der Waals surface area contributed by atoms with Crippen molar-refractivity contribution in [2.24, 2.45) is 0 Å². The van der Waals surface area contributed by atoms with Gasteiger partial charge in [-0.15, -0.1) is 0 Å². The van der Waals surface area contributed by atoms with Gasteiger partial charge in [-0.3, -0.25) is 4.79 Å². The first-order chi connectivity index (χ1) is 14.2. The Labute approximate surface area is 173 Å². The van der Waals surface area contributed by atoms with E-state index in [0.29, 0.717) is 6.54 Å². The van der Waals surface area contributed by atoms with Crippen molar-refractivity contribution < 1.29 is 9.53 Å². The summed E-state index contributed by atoms with van der Waals surface area (Å²) in [4.78, 5) is 19.6. The van der Waals surface area contributed by atoms with Crippen LogP contribution in [0.5, 0.6) is 0 Å². The molecule has 0 unspecified atom stereocenters. The summed E-state index contributed by atoms with van der Waals surface area (Å²) in [6, 6.07) is 16.5. The number of amides is 1. The molecule has 0 N–H and O–H groups in total. The molecule has 0 aliphatic carbocycles. The van der Waals surface area contributed by atoms with Crippen molar-refractivity contribution in [3.63, 3.8) is 0 Å². The van der Waals surface area contributed by atoms with Gasteiger partial charge in [0.25, 0.3) is 5.91 Å². The summed E-state index contributed by atoms with van der Waals surface area (Å²) in [5.74, 6) is 0.0620. The van der Waals surface area contributed by atoms with Crippen LogP contribution in [-0.4, -0.2) is 57.2 Å². The average molecular weight is 394 g/mol. The molecule has 2 heterocycles. The number of carbonyl (C=O) groups is 1. The van der Waals surface area contributed by atoms with Crippen LogP contribution < -0.4 is 9.80 Å². The molecule has 5 heteroatoms. The van der Waals surface area contributed by atoms with E-state index >= 15 is 0 Å². The number of nitrogens with zero attached hydrogens (tertiary/aromatic N) is 3. The van der Waals surface area contributed by atoms with Crippen LogP contribution in [0.25, 0.3) is 0 Å². The van der Waals surface area contributed by atoms with Crippen molar-refractivity contribution >= 4 is 17.3 Å². The molecule has 0 spiro atoms. The van der Waals surface area contributed by atoms with E-state index in [1.807, 2.05) is 30.1 Å². The minimum Gasteiger partial charge on any atom is -0.378 e. The molecule has 2 aliphatic rings. The second kappa shape index (κ2) is 9.31. The third-order valence-corrected chi connectivity index (χ3v) is 5.93. The van der Waals surface area contributed by atoms with Crippen LogP contribution in [0.15, 0.2) is 48.5 Å². The van der Waals surface area contributed by atoms with Crippen molar-refractivity contribution in [1.29, 1.82) is 0 Å². The molecule has 5 nitrogen and oxygen atoms in total. The van der Waals surface area contributed by atoms with E-state index < -0.39 is 0 Å². The zero-order valence-corrected chi connectivity index (χ0v) is 17.3. The summed E-state index contributed by atoms with van der Waals surface area (Å²) < 4.78 is 5.48. The Morgan fingerprint density at radius 3 is 2.31 bits per heavy atom. The Kier molecular flexibility index (Phi) is 6.35. The largest absolute Gasteiger partial charge is 0.378 e. The lowest BCUT2D eigenvalue weighted by molar-refractivity contribution is 0.0785. The highest BCUT2D eigenvalue weighted by atomic mass is 16.5. The van der Waals surface area contributed by atoms with Crippen molar-refractivity contribution in [2.45, 2.75) is 25.8 Å². The normalized spacial score (nSPS) is 17.3. The molecule has 2 saturated heterocycles. The standard InChI is InChI=1S/C24H31N3O2/c1-25(19-21-7-3-4-8-23(21)27-15-17-29-18-16-27)24(28)20-9-11-22(12-10-20)26-13-5-2-6-14-26/h3-4,7-12H,2,5-6,13-19H2,1H3. The first-order valence-electron chi connectivity index (χ1n) is 10.7. The maximum Gasteiger partial charge on any atom is 0.253 e. The fraction of sp³-hybridized carbons (Fsp3) is 0.458. The van der Waals surface area contributed by atoms with Gasteiger partial charge in [-0.1, -0.05) is 18.2 Å². The van der Waals surface area contributed by atoms with Crippen molar-refractivity contribution in [1.82, 2.24) is 4.90 Å². The molecule has 1 amide bonds. The Hall–Kier alpha value is -2.53. The highest BCUT2D eigenvalue weighted by Gasteiger charge is 2.18. The summed E-state index contributed by atoms with van der Waals surface area (Å²) in [5, 5.41) is 0. The van der Waals surface area contributed by atoms with Crippen LogP contribution in [-0.2, 0) is 11.3 Å². The monoisotopic (exact) mass is 393 g/mol. The van der Waals surface area contributed by atoms with E-state index in [4.69, 9.17) is 4.74 Å². The third kappa shape index (κ3) is 4.73. The molecule has 0 atom stereocenters. The summed E-state index contributed by atoms with van der Waals surface area (Å²) in [6.07, 6.45) is 3.84. The lowest BCUT2D eigenvalue weighted by atomic mass is 10.1. The van der Waals surface area contributed by atoms with Gasteiger partial charge in [0.15, 0.2) is 0 Å². The Bertz CT molecular complexity index is 809. The molecular weight excluding hydrogens is 362 g/mol. The Balaban J connectivity index is 1.43. The number of anilines is 2. The van der Waals surface area contributed by atoms with Gasteiger partial charge in [0, 0.05) is 56.7 Å². The van der Waals surface area contributed by atoms with Gasteiger partial charge in [-0.05, 0) is 55.2 Å². The first kappa shape index (κ1) is 19.8. The number of hydrogen-bond donors (Lipinski definition) is 0. The number of ether oxygens (including phenoxy) is 1. The molecule has 0 radical (unpaired) electrons. The maximum absolute atomic E-state index is 13.0. The van der Waals surface area contributed by atoms with E-state index in [-0.39, 0.29) is 5.91 Å². The lowest BCUT2D eigenvalue weighted by Gasteiger charge is -2.31. The van der Waals surface area contributed by atoms with Crippen LogP contribution >= 0.6 is 0 Å². The van der Waals surface area contributed by atoms with Gasteiger partial charge in [0.1, 0.15) is 0 Å². The predicted molar refractivity (Wildman–Crippen MR) is 118 cm³/mol. The number of piperidine rings is 1. The highest BCUT2D eigenvalue weighted by molar-refractivity contribution is 5.94. The molecule has 2 aromatic carbocycles. The number of rotatable bonds is 5. The Morgan fingerprint density at radius 1 is 0.897 bits per heavy atom. The quantitative estimate of drug-likeness (QED) is 0.774. The molecule has 154 valence electrons. The fourth-order valence-corrected chi connectivity index (χ4v) is 4.27. The zero-order chi connectivity index (χ0) is 20.1. The van der Waals surface area contributed by atoms with Gasteiger partial charge < -0.3 is 19.4 Å². The zero-order valence-electron chi connectivity index (χ0n) is 17.3. The van der Waals surface area contributed by atoms with E-state index in [9.17, 15) is 4.79 Å². The summed E-state index contributed by atoms with van der Waals surface area (Å²) in [7, 11) is 1.89. The van der Waals surface area contributed by atoms with Crippen LogP contribution in [0.1, 0.15) is 35.2 Å². The summed E-state index contributed by atoms with van der Waals surface area (Å²) >= 11 is 0. The van der Waals surface area contributed by atoms with Crippen molar-refractivity contribution in [2.75, 3.05) is 56.2 Å². The van der Waals surface area contributed by atoms with Crippen LogP contribution in [0.2, 0.25) is 0 Å². The third-order valence-electron chi connectivity index (χ3n) is 5.93. The first-order valence-corrected chi connectivity index (χ1v) is 10.7. The minimum absolute atomic E-state index is 0.0620. The SMILES string of the molecule is CN(Cc1ccccc1N1CCOCC1)C(=O)c1ccc(N2CCCCC2)cc1. The Morgan fingerprint density at radius 2 is 1.59 bits per heavy atom. The molecule has 4 rings (SSSR count). The second-order valence-electron chi connectivity index (χ2n) is 7.98. The minimum atomic E-state index is 0.0620. The topological polar surface area (TPSA) is 36.0 Å². The van der Waals surface area contributed by atoms with Crippen molar-refractivity contribution in [3.8, 4) is 0 Å². The van der Waals surface area contributed by atoms with Crippen LogP contribution in [0.3, 0.4) is 0 Å². The van der Waals surface area contributed by atoms with E-state index in [1.54, 1.807) is 0 Å². The lowest BCUT2D eigenvalue weighted by Crippen LogP contribution is -2.37. The molecule has 2 fully saturated rings. The number of para-hydroxylation sites is 1. The molecule has 0 saturated carbocycles. The maximum atomic E-state index is 13.0. The second-order valence-corrected chi connectivity index (χ2v) is 7.98. The predicted octanol–water partition coefficient (Wildman–Crippen LogP) is 3.79. The van der Waals surface area contributed by atoms with E-state index in [0.717, 1.165) is 45.0 Å².